The first kappa shape index (κ1) is 30.9. The zero-order chi connectivity index (χ0) is 30.2. The smallest absolute Gasteiger partial charge is 0.225 e. The molecule has 0 aromatic heterocycles. The van der Waals surface area contributed by atoms with Gasteiger partial charge >= 0.3 is 0 Å². The van der Waals surface area contributed by atoms with Gasteiger partial charge in [0.05, 0.1) is 47.8 Å². The van der Waals surface area contributed by atoms with Crippen molar-refractivity contribution < 1.29 is 29.0 Å². The van der Waals surface area contributed by atoms with Crippen LogP contribution in [-0.4, -0.2) is 77.8 Å². The fourth-order valence-corrected chi connectivity index (χ4v) is 5.27. The Morgan fingerprint density at radius 1 is 1.12 bits per heavy atom. The SMILES string of the molecule is C/C(=C(/N)c1c(F)cccc1NC=O)C1Nc2ccc(C(=O)CNC[C@@H](O)C[C@@H](O)CC(=O)N3CCCCC3)cc2N1. The minimum atomic E-state index is -0.951. The molecule has 0 aliphatic carbocycles. The number of nitrogens with one attached hydrogen (secondary N) is 4. The van der Waals surface area contributed by atoms with Gasteiger partial charge in [0.2, 0.25) is 12.3 Å². The molecule has 1 unspecified atom stereocenters. The van der Waals surface area contributed by atoms with Crippen LogP contribution in [0.1, 0.15) is 54.9 Å². The maximum absolute atomic E-state index is 14.6. The molecule has 2 aromatic rings. The first-order valence-electron chi connectivity index (χ1n) is 14.2. The second-order valence-corrected chi connectivity index (χ2v) is 10.7. The van der Waals surface area contributed by atoms with Crippen molar-refractivity contribution in [3.8, 4) is 0 Å². The van der Waals surface area contributed by atoms with Crippen molar-refractivity contribution in [3.05, 3.63) is 58.9 Å². The number of amides is 2. The number of ketones is 1. The van der Waals surface area contributed by atoms with E-state index in [9.17, 15) is 29.0 Å². The van der Waals surface area contributed by atoms with Crippen LogP contribution < -0.4 is 27.0 Å². The lowest BCUT2D eigenvalue weighted by Crippen LogP contribution is -2.38. The van der Waals surface area contributed by atoms with Crippen molar-refractivity contribution >= 4 is 40.9 Å². The summed E-state index contributed by atoms with van der Waals surface area (Å²) in [5.74, 6) is -0.862. The third kappa shape index (κ3) is 7.64. The maximum atomic E-state index is 14.6. The number of fused-ring (bicyclic) bond motifs is 1. The van der Waals surface area contributed by atoms with E-state index in [1.807, 2.05) is 0 Å². The number of nitrogens with zero attached hydrogens (tertiary/aromatic N) is 1. The Kier molecular flexibility index (Phi) is 10.5. The molecule has 3 atom stereocenters. The van der Waals surface area contributed by atoms with E-state index in [1.54, 1.807) is 36.1 Å². The minimum absolute atomic E-state index is 0.0233. The van der Waals surface area contributed by atoms with Crippen molar-refractivity contribution in [2.75, 3.05) is 42.1 Å². The zero-order valence-corrected chi connectivity index (χ0v) is 23.7. The lowest BCUT2D eigenvalue weighted by molar-refractivity contribution is -0.134. The molecule has 11 nitrogen and oxygen atoms in total. The monoisotopic (exact) mass is 582 g/mol. The fourth-order valence-electron chi connectivity index (χ4n) is 5.27. The minimum Gasteiger partial charge on any atom is -0.398 e. The summed E-state index contributed by atoms with van der Waals surface area (Å²) < 4.78 is 14.6. The first-order valence-corrected chi connectivity index (χ1v) is 14.2. The van der Waals surface area contributed by atoms with Gasteiger partial charge in [0.1, 0.15) is 12.0 Å². The molecule has 1 saturated heterocycles. The predicted molar refractivity (Wildman–Crippen MR) is 159 cm³/mol. The highest BCUT2D eigenvalue weighted by Crippen LogP contribution is 2.34. The van der Waals surface area contributed by atoms with Crippen molar-refractivity contribution in [3.63, 3.8) is 0 Å². The molecule has 0 radical (unpaired) electrons. The number of aliphatic hydroxyl groups is 2. The highest BCUT2D eigenvalue weighted by atomic mass is 19.1. The average Bonchev–Trinajstić information content (AvgIpc) is 3.40. The second kappa shape index (κ2) is 14.3. The number of benzene rings is 2. The number of likely N-dealkylation sites (tertiary alicyclic amines) is 1. The van der Waals surface area contributed by atoms with Gasteiger partial charge in [0, 0.05) is 37.3 Å². The molecule has 42 heavy (non-hydrogen) atoms. The van der Waals surface area contributed by atoms with Crippen LogP contribution in [0.5, 0.6) is 0 Å². The van der Waals surface area contributed by atoms with E-state index in [2.05, 4.69) is 21.3 Å². The van der Waals surface area contributed by atoms with Crippen LogP contribution in [0.3, 0.4) is 0 Å². The second-order valence-electron chi connectivity index (χ2n) is 10.7. The Morgan fingerprint density at radius 2 is 1.86 bits per heavy atom. The molecule has 4 rings (SSSR count). The number of hydrogen-bond acceptors (Lipinski definition) is 9. The Hall–Kier alpha value is -4.00. The highest BCUT2D eigenvalue weighted by molar-refractivity contribution is 6.00. The largest absolute Gasteiger partial charge is 0.398 e. The van der Waals surface area contributed by atoms with Gasteiger partial charge in [-0.2, -0.15) is 0 Å². The van der Waals surface area contributed by atoms with Crippen LogP contribution >= 0.6 is 0 Å². The van der Waals surface area contributed by atoms with E-state index in [0.29, 0.717) is 36.3 Å². The molecular weight excluding hydrogens is 543 g/mol. The van der Waals surface area contributed by atoms with Gasteiger partial charge in [-0.1, -0.05) is 6.07 Å². The number of halogens is 1. The molecule has 2 aliphatic heterocycles. The summed E-state index contributed by atoms with van der Waals surface area (Å²) in [4.78, 5) is 37.9. The Balaban J connectivity index is 1.28. The van der Waals surface area contributed by atoms with Crippen LogP contribution in [0.15, 0.2) is 42.0 Å². The van der Waals surface area contributed by atoms with E-state index >= 15 is 0 Å². The molecule has 2 heterocycles. The number of carbonyl (C=O) groups excluding carboxylic acids is 3. The van der Waals surface area contributed by atoms with Crippen LogP contribution in [0.2, 0.25) is 0 Å². The zero-order valence-electron chi connectivity index (χ0n) is 23.7. The number of hydrogen-bond donors (Lipinski definition) is 7. The number of carbonyl (C=O) groups is 3. The summed E-state index contributed by atoms with van der Waals surface area (Å²) in [6, 6.07) is 9.43. The van der Waals surface area contributed by atoms with Crippen LogP contribution in [0.25, 0.3) is 5.70 Å². The topological polar surface area (TPSA) is 169 Å². The summed E-state index contributed by atoms with van der Waals surface area (Å²) in [6.45, 7) is 3.23. The number of anilines is 3. The number of piperidine rings is 1. The molecule has 12 heteroatoms. The highest BCUT2D eigenvalue weighted by Gasteiger charge is 2.26. The van der Waals surface area contributed by atoms with Crippen LogP contribution in [-0.2, 0) is 9.59 Å². The first-order chi connectivity index (χ1) is 20.2. The lowest BCUT2D eigenvalue weighted by Gasteiger charge is -2.27. The van der Waals surface area contributed by atoms with Crippen molar-refractivity contribution in [2.45, 2.75) is 57.4 Å². The van der Waals surface area contributed by atoms with Gasteiger partial charge in [-0.25, -0.2) is 4.39 Å². The van der Waals surface area contributed by atoms with Gasteiger partial charge in [0.25, 0.3) is 0 Å². The molecule has 8 N–H and O–H groups in total. The number of nitrogens with two attached hydrogens (primary N) is 1. The normalized spacial score (nSPS) is 18.2. The van der Waals surface area contributed by atoms with Gasteiger partial charge < -0.3 is 42.1 Å². The third-order valence-corrected chi connectivity index (χ3v) is 7.63. The quantitative estimate of drug-likeness (QED) is 0.138. The number of rotatable bonds is 13. The van der Waals surface area contributed by atoms with E-state index in [0.717, 1.165) is 24.9 Å². The Labute approximate surface area is 244 Å². The summed E-state index contributed by atoms with van der Waals surface area (Å²) in [7, 11) is 0. The van der Waals surface area contributed by atoms with Crippen LogP contribution in [0.4, 0.5) is 21.5 Å². The predicted octanol–water partition coefficient (Wildman–Crippen LogP) is 2.23. The fraction of sp³-hybridized carbons (Fsp3) is 0.433. The Morgan fingerprint density at radius 3 is 2.60 bits per heavy atom. The summed E-state index contributed by atoms with van der Waals surface area (Å²) in [5, 5.41) is 32.4. The van der Waals surface area contributed by atoms with Crippen molar-refractivity contribution in [1.29, 1.82) is 0 Å². The van der Waals surface area contributed by atoms with Crippen LogP contribution in [0, 0.1) is 5.82 Å². The summed E-state index contributed by atoms with van der Waals surface area (Å²) in [6.07, 6.45) is 1.19. The molecular formula is C30H39FN6O5. The number of aliphatic hydroxyl groups excluding tert-OH is 2. The summed E-state index contributed by atoms with van der Waals surface area (Å²) in [5.41, 5.74) is 9.26. The molecule has 2 aromatic carbocycles. The molecule has 226 valence electrons. The van der Waals surface area contributed by atoms with Gasteiger partial charge in [-0.15, -0.1) is 0 Å². The Bertz CT molecular complexity index is 1330. The van der Waals surface area contributed by atoms with Crippen molar-refractivity contribution in [2.24, 2.45) is 5.73 Å². The maximum Gasteiger partial charge on any atom is 0.225 e. The van der Waals surface area contributed by atoms with Gasteiger partial charge in [-0.3, -0.25) is 14.4 Å². The molecule has 1 fully saturated rings. The number of Topliss-reactive ketones (excluding diaryl/α,β-unsaturated/α-hetero) is 1. The average molecular weight is 583 g/mol. The molecule has 0 saturated carbocycles. The standard InChI is InChI=1S/C30H39FN6O5/c1-18(29(32)28-22(31)6-5-7-24(28)34-17-38)30-35-23-9-8-19(12-25(23)36-30)26(41)16-33-15-21(40)13-20(39)14-27(42)37-10-3-2-4-11-37/h5-9,12,17,20-21,30,33,35-36,39-40H,2-4,10-11,13-16,32H2,1H3,(H,34,38)/b29-18-/t20-,21+,30?/m1/s1. The van der Waals surface area contributed by atoms with E-state index < -0.39 is 24.2 Å². The summed E-state index contributed by atoms with van der Waals surface area (Å²) >= 11 is 0. The van der Waals surface area contributed by atoms with Crippen molar-refractivity contribution in [1.82, 2.24) is 10.2 Å². The van der Waals surface area contributed by atoms with Gasteiger partial charge in [-0.05, 0) is 62.1 Å². The third-order valence-electron chi connectivity index (χ3n) is 7.63. The molecule has 2 aliphatic rings. The molecule has 0 spiro atoms. The lowest BCUT2D eigenvalue weighted by atomic mass is 10.0. The van der Waals surface area contributed by atoms with Gasteiger partial charge in [0.15, 0.2) is 5.78 Å². The molecule has 0 bridgehead atoms. The van der Waals surface area contributed by atoms with E-state index in [1.165, 1.54) is 12.1 Å². The van der Waals surface area contributed by atoms with E-state index in [4.69, 9.17) is 5.73 Å². The van der Waals surface area contributed by atoms with E-state index in [-0.39, 0.29) is 54.6 Å². The molecule has 2 amide bonds.